The van der Waals surface area contributed by atoms with Crippen LogP contribution < -0.4 is 0 Å². The maximum Gasteiger partial charge on any atom is 0.460 e. The summed E-state index contributed by atoms with van der Waals surface area (Å²) in [6, 6.07) is 0. The molecule has 0 bridgehead atoms. The van der Waals surface area contributed by atoms with Crippen LogP contribution in [0.1, 0.15) is 0 Å². The molecule has 324 valence electrons. The summed E-state index contributed by atoms with van der Waals surface area (Å²) in [6.07, 6.45) is -7.74. The Balaban J connectivity index is 0.000000542. The van der Waals surface area contributed by atoms with E-state index in [1.54, 1.807) is 0 Å². The van der Waals surface area contributed by atoms with Crippen molar-refractivity contribution in [1.82, 2.24) is 0 Å². The summed E-state index contributed by atoms with van der Waals surface area (Å²) >= 11 is 0.360. The van der Waals surface area contributed by atoms with Crippen molar-refractivity contribution in [3.63, 3.8) is 0 Å². The van der Waals surface area contributed by atoms with E-state index in [9.17, 15) is 154 Å². The van der Waals surface area contributed by atoms with E-state index in [1.807, 2.05) is 0 Å². The van der Waals surface area contributed by atoms with Crippen molar-refractivity contribution in [3.8, 4) is 0 Å². The number of fused-ring (bicyclic) bond motifs is 1. The van der Waals surface area contributed by atoms with Gasteiger partial charge < -0.3 is 0 Å². The van der Waals surface area contributed by atoms with Crippen LogP contribution in [0.5, 0.6) is 0 Å². The van der Waals surface area contributed by atoms with Crippen molar-refractivity contribution >= 4 is 15.9 Å². The largest absolute Gasteiger partial charge is 0.460 e. The molecule has 0 aromatic rings. The van der Waals surface area contributed by atoms with E-state index < -0.39 is 105 Å². The normalized spacial score (nSPS) is 30.4. The third kappa shape index (κ3) is 4.70. The van der Waals surface area contributed by atoms with Gasteiger partial charge in [-0.3, -0.25) is 0 Å². The molecule has 2 aliphatic carbocycles. The highest BCUT2D eigenvalue weighted by atomic mass is 79.9. The number of hydrogen-bond acceptors (Lipinski definition) is 0. The molecule has 0 heterocycles. The minimum absolute atomic E-state index is 0.360. The Labute approximate surface area is 276 Å². The van der Waals surface area contributed by atoms with Gasteiger partial charge in [0.15, 0.2) is 0 Å². The third-order valence-corrected chi connectivity index (χ3v) is 7.75. The molecule has 0 radical (unpaired) electrons. The number of hydrogen-bond donors (Lipinski definition) is 0. The molecule has 2 fully saturated rings. The van der Waals surface area contributed by atoms with E-state index in [2.05, 4.69) is 0 Å². The van der Waals surface area contributed by atoms with Crippen molar-refractivity contribution in [2.24, 2.45) is 0 Å². The minimum Gasteiger partial charge on any atom is -0.226 e. The van der Waals surface area contributed by atoms with E-state index in [0.29, 0.717) is 15.9 Å². The van der Waals surface area contributed by atoms with Gasteiger partial charge in [-0.05, 0) is 15.9 Å². The Bertz CT molecular complexity index is 1280. The van der Waals surface area contributed by atoms with Gasteiger partial charge in [0.25, 0.3) is 11.3 Å². The quantitative estimate of drug-likeness (QED) is 0.184. The Morgan fingerprint density at radius 2 is 0.370 bits per heavy atom. The van der Waals surface area contributed by atoms with Gasteiger partial charge in [-0.2, -0.15) is 145 Å². The van der Waals surface area contributed by atoms with Crippen molar-refractivity contribution in [2.45, 2.75) is 105 Å². The average molecular weight is 961 g/mol. The van der Waals surface area contributed by atoms with E-state index in [1.165, 1.54) is 0 Å². The first-order valence-electron chi connectivity index (χ1n) is 11.3. The van der Waals surface area contributed by atoms with Crippen LogP contribution in [0.15, 0.2) is 0 Å². The lowest BCUT2D eigenvalue weighted by molar-refractivity contribution is -0.560. The fourth-order valence-corrected chi connectivity index (χ4v) is 4.31. The molecule has 54 heavy (non-hydrogen) atoms. The molecule has 0 amide bonds. The highest BCUT2D eigenvalue weighted by Gasteiger charge is 3.15. The summed E-state index contributed by atoms with van der Waals surface area (Å²) in [7, 11) is 0. The van der Waals surface area contributed by atoms with Crippen LogP contribution >= 0.6 is 15.9 Å². The van der Waals surface area contributed by atoms with Gasteiger partial charge in [0.1, 0.15) is 0 Å². The van der Waals surface area contributed by atoms with E-state index in [4.69, 9.17) is 0 Å². The predicted molar refractivity (Wildman–Crippen MR) is 96.9 cm³/mol. The van der Waals surface area contributed by atoms with Gasteiger partial charge in [-0.25, -0.2) is 8.78 Å². The number of halogens is 36. The zero-order valence-electron chi connectivity index (χ0n) is 22.6. The average Bonchev–Trinajstić information content (AvgIpc) is 2.92. The molecule has 2 rings (SSSR count). The molecule has 36 heteroatoms. The monoisotopic (exact) mass is 960 g/mol. The standard InChI is InChI=1S/C10F18.C8BrF17/c11-1-2(12,5(17,18)9(25,26)7(21,22)3(1,13)14)6(19,20)10(27,28)8(23,24)4(1,15)16;9-7(22,23)5(18,19)3(14,15)1(10,11)2(12,13)4(16,17)6(20,21)8(24,25)26. The Morgan fingerprint density at radius 3 is 0.519 bits per heavy atom. The van der Waals surface area contributed by atoms with Crippen LogP contribution in [-0.2, 0) is 0 Å². The summed E-state index contributed by atoms with van der Waals surface area (Å²) in [5.41, 5.74) is -17.3. The van der Waals surface area contributed by atoms with Crippen molar-refractivity contribution in [1.29, 1.82) is 0 Å². The molecule has 0 atom stereocenters. The number of rotatable bonds is 6. The summed E-state index contributed by atoms with van der Waals surface area (Å²) < 4.78 is 453. The van der Waals surface area contributed by atoms with Gasteiger partial charge in [-0.1, -0.05) is 0 Å². The lowest BCUT2D eigenvalue weighted by atomic mass is 9.54. The van der Waals surface area contributed by atoms with Crippen LogP contribution in [0, 0.1) is 0 Å². The molecular weight excluding hydrogens is 961 g/mol. The van der Waals surface area contributed by atoms with Crippen LogP contribution in [0.4, 0.5) is 154 Å². The Hall–Kier alpha value is -1.97. The van der Waals surface area contributed by atoms with E-state index in [-0.39, 0.29) is 0 Å². The van der Waals surface area contributed by atoms with Crippen molar-refractivity contribution in [3.05, 3.63) is 0 Å². The summed E-state index contributed by atoms with van der Waals surface area (Å²) in [6.45, 7) is 0. The van der Waals surface area contributed by atoms with Crippen molar-refractivity contribution in [2.75, 3.05) is 0 Å². The molecule has 0 N–H and O–H groups in total. The summed E-state index contributed by atoms with van der Waals surface area (Å²) in [5, 5.41) is 0. The lowest BCUT2D eigenvalue weighted by Crippen LogP contribution is -2.98. The second-order valence-corrected chi connectivity index (χ2v) is 11.3. The van der Waals surface area contributed by atoms with Gasteiger partial charge >= 0.3 is 93.9 Å². The van der Waals surface area contributed by atoms with Crippen molar-refractivity contribution < 1.29 is 154 Å². The first-order valence-corrected chi connectivity index (χ1v) is 12.1. The van der Waals surface area contributed by atoms with E-state index in [0.717, 1.165) is 0 Å². The molecule has 0 aromatic carbocycles. The maximum atomic E-state index is 14.2. The van der Waals surface area contributed by atoms with Crippen LogP contribution in [0.2, 0.25) is 0 Å². The topological polar surface area (TPSA) is 0 Å². The molecule has 0 nitrogen and oxygen atoms in total. The molecule has 2 aliphatic rings. The smallest absolute Gasteiger partial charge is 0.226 e. The van der Waals surface area contributed by atoms with Crippen LogP contribution in [0.3, 0.4) is 0 Å². The van der Waals surface area contributed by atoms with Crippen LogP contribution in [0.25, 0.3) is 0 Å². The van der Waals surface area contributed by atoms with Crippen LogP contribution in [-0.4, -0.2) is 105 Å². The van der Waals surface area contributed by atoms with Gasteiger partial charge in [-0.15, -0.1) is 0 Å². The van der Waals surface area contributed by atoms with Gasteiger partial charge in [0.2, 0.25) is 0 Å². The predicted octanol–water partition coefficient (Wildman–Crippen LogP) is 11.9. The first-order chi connectivity index (χ1) is 22.5. The maximum absolute atomic E-state index is 14.2. The second-order valence-electron chi connectivity index (χ2n) is 10.4. The SMILES string of the molecule is FC(F)(F)C(F)(F)C(F)(F)C(F)(F)C(F)(F)C(F)(F)C(F)(F)C(F)(F)Br.FC1(F)C(F)(F)C(F)(F)C2(F)C(F)(F)C(F)(F)C(F)(F)C(F)(F)C2(F)C1(F)F. The molecule has 0 aromatic heterocycles. The molecule has 0 saturated heterocycles. The molecular formula is C18BrF35. The highest BCUT2D eigenvalue weighted by molar-refractivity contribution is 9.10. The lowest BCUT2D eigenvalue weighted by Gasteiger charge is -2.63. The molecule has 0 aliphatic heterocycles. The summed E-state index contributed by atoms with van der Waals surface area (Å²) in [5.74, 6) is -116. The third-order valence-electron chi connectivity index (χ3n) is 7.26. The minimum atomic E-state index is -8.64. The second kappa shape index (κ2) is 11.4. The molecule has 0 spiro atoms. The van der Waals surface area contributed by atoms with E-state index >= 15 is 0 Å². The first kappa shape index (κ1) is 50.0. The van der Waals surface area contributed by atoms with Gasteiger partial charge in [0.05, 0.1) is 0 Å². The fourth-order valence-electron chi connectivity index (χ4n) is 4.06. The number of alkyl halides is 36. The Kier molecular flexibility index (Phi) is 10.5. The highest BCUT2D eigenvalue weighted by Crippen LogP contribution is 2.81. The zero-order chi connectivity index (χ0) is 45.0. The molecule has 2 saturated carbocycles. The summed E-state index contributed by atoms with van der Waals surface area (Å²) in [4.78, 5) is -6.50. The van der Waals surface area contributed by atoms with Gasteiger partial charge in [0, 0.05) is 0 Å². The fraction of sp³-hybridized carbons (Fsp3) is 1.00. The zero-order valence-corrected chi connectivity index (χ0v) is 24.2. The molecule has 0 unspecified atom stereocenters. The Morgan fingerprint density at radius 1 is 0.222 bits per heavy atom.